The highest BCUT2D eigenvalue weighted by Crippen LogP contribution is 2.16. The number of anilines is 1. The molecule has 4 heteroatoms. The summed E-state index contributed by atoms with van der Waals surface area (Å²) in [7, 11) is 0. The van der Waals surface area contributed by atoms with E-state index in [0.717, 1.165) is 30.2 Å². The fraction of sp³-hybridized carbons (Fsp3) is 0.818. The molecule has 1 aromatic rings. The number of nitrogens with zero attached hydrogens (tertiary/aromatic N) is 2. The molecule has 1 aromatic heterocycles. The molecule has 0 aromatic carbocycles. The Morgan fingerprint density at radius 3 is 2.67 bits per heavy atom. The van der Waals surface area contributed by atoms with Gasteiger partial charge in [-0.1, -0.05) is 27.2 Å². The Morgan fingerprint density at radius 2 is 2.07 bits per heavy atom. The van der Waals surface area contributed by atoms with Gasteiger partial charge in [-0.2, -0.15) is 4.37 Å². The van der Waals surface area contributed by atoms with Crippen LogP contribution in [0.4, 0.5) is 5.13 Å². The molecule has 3 nitrogen and oxygen atoms in total. The van der Waals surface area contributed by atoms with E-state index in [-0.39, 0.29) is 0 Å². The molecule has 0 spiro atoms. The highest BCUT2D eigenvalue weighted by atomic mass is 32.1. The lowest BCUT2D eigenvalue weighted by Crippen LogP contribution is -2.17. The predicted octanol–water partition coefficient (Wildman–Crippen LogP) is 3.48. The Balaban J connectivity index is 2.47. The van der Waals surface area contributed by atoms with Crippen LogP contribution >= 0.6 is 11.5 Å². The topological polar surface area (TPSA) is 37.8 Å². The Kier molecular flexibility index (Phi) is 5.61. The summed E-state index contributed by atoms with van der Waals surface area (Å²) in [6.07, 6.45) is 5.67. The molecule has 0 saturated heterocycles. The van der Waals surface area contributed by atoms with Crippen LogP contribution in [0.1, 0.15) is 52.3 Å². The minimum Gasteiger partial charge on any atom is -0.358 e. The first-order chi connectivity index (χ1) is 7.30. The van der Waals surface area contributed by atoms with Crippen molar-refractivity contribution >= 4 is 16.7 Å². The van der Waals surface area contributed by atoms with Crippen molar-refractivity contribution in [1.29, 1.82) is 0 Å². The zero-order valence-corrected chi connectivity index (χ0v) is 10.7. The summed E-state index contributed by atoms with van der Waals surface area (Å²) in [6.45, 7) is 6.58. The fourth-order valence-corrected chi connectivity index (χ4v) is 2.23. The van der Waals surface area contributed by atoms with Crippen LogP contribution < -0.4 is 5.32 Å². The summed E-state index contributed by atoms with van der Waals surface area (Å²) in [5, 5.41) is 4.44. The van der Waals surface area contributed by atoms with E-state index in [2.05, 4.69) is 35.4 Å². The third kappa shape index (κ3) is 4.16. The molecule has 86 valence electrons. The van der Waals surface area contributed by atoms with Gasteiger partial charge >= 0.3 is 0 Å². The third-order valence-electron chi connectivity index (χ3n) is 2.40. The van der Waals surface area contributed by atoms with Gasteiger partial charge in [-0.15, -0.1) is 0 Å². The monoisotopic (exact) mass is 227 g/mol. The molecular weight excluding hydrogens is 206 g/mol. The molecule has 1 N–H and O–H groups in total. The van der Waals surface area contributed by atoms with Gasteiger partial charge in [-0.3, -0.25) is 0 Å². The zero-order valence-electron chi connectivity index (χ0n) is 9.92. The molecule has 15 heavy (non-hydrogen) atoms. The molecule has 0 saturated carbocycles. The van der Waals surface area contributed by atoms with E-state index in [1.165, 1.54) is 24.4 Å². The van der Waals surface area contributed by atoms with Crippen molar-refractivity contribution in [2.75, 3.05) is 5.32 Å². The first kappa shape index (κ1) is 12.4. The first-order valence-electron chi connectivity index (χ1n) is 5.89. The molecule has 0 aliphatic rings. The maximum atomic E-state index is 4.47. The molecular formula is C11H21N3S. The van der Waals surface area contributed by atoms with Crippen molar-refractivity contribution in [2.24, 2.45) is 0 Å². The first-order valence-corrected chi connectivity index (χ1v) is 6.66. The average molecular weight is 227 g/mol. The summed E-state index contributed by atoms with van der Waals surface area (Å²) in [5.41, 5.74) is 0. The predicted molar refractivity (Wildman–Crippen MR) is 66.5 cm³/mol. The standard InChI is InChI=1S/C11H21N3S/c1-4-7-9(6-3)12-11-13-10(8-5-2)14-15-11/h9H,4-8H2,1-3H3,(H,12,13,14). The van der Waals surface area contributed by atoms with Gasteiger partial charge in [0.25, 0.3) is 0 Å². The van der Waals surface area contributed by atoms with Crippen LogP contribution in [0.3, 0.4) is 0 Å². The van der Waals surface area contributed by atoms with Crippen molar-refractivity contribution in [3.63, 3.8) is 0 Å². The van der Waals surface area contributed by atoms with Crippen molar-refractivity contribution in [3.8, 4) is 0 Å². The van der Waals surface area contributed by atoms with E-state index in [9.17, 15) is 0 Å². The molecule has 0 radical (unpaired) electrons. The minimum absolute atomic E-state index is 0.553. The minimum atomic E-state index is 0.553. The maximum Gasteiger partial charge on any atom is 0.202 e. The van der Waals surface area contributed by atoms with Gasteiger partial charge in [0.2, 0.25) is 5.13 Å². The van der Waals surface area contributed by atoms with Crippen molar-refractivity contribution in [3.05, 3.63) is 5.82 Å². The van der Waals surface area contributed by atoms with Crippen LogP contribution in [0.15, 0.2) is 0 Å². The summed E-state index contributed by atoms with van der Waals surface area (Å²) in [5.74, 6) is 0.983. The quantitative estimate of drug-likeness (QED) is 0.775. The van der Waals surface area contributed by atoms with Crippen LogP contribution in [0.2, 0.25) is 0 Å². The number of hydrogen-bond acceptors (Lipinski definition) is 4. The van der Waals surface area contributed by atoms with E-state index in [1.54, 1.807) is 0 Å². The van der Waals surface area contributed by atoms with Gasteiger partial charge < -0.3 is 5.32 Å². The Hall–Kier alpha value is -0.640. The van der Waals surface area contributed by atoms with Crippen LogP contribution in [-0.2, 0) is 6.42 Å². The smallest absolute Gasteiger partial charge is 0.202 e. The van der Waals surface area contributed by atoms with Gasteiger partial charge in [0.1, 0.15) is 5.82 Å². The molecule has 0 aliphatic heterocycles. The number of aromatic nitrogens is 2. The van der Waals surface area contributed by atoms with Crippen LogP contribution in [0, 0.1) is 0 Å². The van der Waals surface area contributed by atoms with Crippen molar-refractivity contribution in [2.45, 2.75) is 58.9 Å². The highest BCUT2D eigenvalue weighted by molar-refractivity contribution is 7.09. The third-order valence-corrected chi connectivity index (χ3v) is 3.08. The van der Waals surface area contributed by atoms with E-state index >= 15 is 0 Å². The second-order valence-corrected chi connectivity index (χ2v) is 4.56. The molecule has 1 atom stereocenters. The Bertz CT molecular complexity index is 273. The lowest BCUT2D eigenvalue weighted by atomic mass is 10.1. The lowest BCUT2D eigenvalue weighted by Gasteiger charge is -2.14. The van der Waals surface area contributed by atoms with Gasteiger partial charge in [-0.05, 0) is 19.3 Å². The van der Waals surface area contributed by atoms with E-state index in [4.69, 9.17) is 0 Å². The Morgan fingerprint density at radius 1 is 1.27 bits per heavy atom. The van der Waals surface area contributed by atoms with Crippen LogP contribution in [0.25, 0.3) is 0 Å². The van der Waals surface area contributed by atoms with Crippen molar-refractivity contribution < 1.29 is 0 Å². The number of rotatable bonds is 7. The highest BCUT2D eigenvalue weighted by Gasteiger charge is 2.08. The Labute approximate surface area is 96.5 Å². The second kappa shape index (κ2) is 6.77. The van der Waals surface area contributed by atoms with Crippen molar-refractivity contribution in [1.82, 2.24) is 9.36 Å². The molecule has 1 rings (SSSR count). The lowest BCUT2D eigenvalue weighted by molar-refractivity contribution is 0.622. The average Bonchev–Trinajstić information content (AvgIpc) is 2.66. The molecule has 1 unspecified atom stereocenters. The van der Waals surface area contributed by atoms with Gasteiger partial charge in [0.05, 0.1) is 0 Å². The SMILES string of the molecule is CCCc1nsc(NC(CC)CCC)n1. The van der Waals surface area contributed by atoms with E-state index < -0.39 is 0 Å². The maximum absolute atomic E-state index is 4.47. The van der Waals surface area contributed by atoms with E-state index in [0.29, 0.717) is 6.04 Å². The molecule has 0 bridgehead atoms. The molecule has 0 aliphatic carbocycles. The van der Waals surface area contributed by atoms with E-state index in [1.807, 2.05) is 0 Å². The van der Waals surface area contributed by atoms with Gasteiger partial charge in [0.15, 0.2) is 0 Å². The molecule has 1 heterocycles. The van der Waals surface area contributed by atoms with Gasteiger partial charge in [-0.25, -0.2) is 4.98 Å². The summed E-state index contributed by atoms with van der Waals surface area (Å²) < 4.78 is 4.32. The molecule has 0 amide bonds. The zero-order chi connectivity index (χ0) is 11.1. The summed E-state index contributed by atoms with van der Waals surface area (Å²) in [4.78, 5) is 4.47. The number of hydrogen-bond donors (Lipinski definition) is 1. The second-order valence-electron chi connectivity index (χ2n) is 3.80. The summed E-state index contributed by atoms with van der Waals surface area (Å²) >= 11 is 1.49. The molecule has 0 fully saturated rings. The largest absolute Gasteiger partial charge is 0.358 e. The van der Waals surface area contributed by atoms with Gasteiger partial charge in [0, 0.05) is 24.0 Å². The summed E-state index contributed by atoms with van der Waals surface area (Å²) in [6, 6.07) is 0.553. The fourth-order valence-electron chi connectivity index (χ4n) is 1.54. The number of nitrogens with one attached hydrogen (secondary N) is 1. The number of aryl methyl sites for hydroxylation is 1. The normalized spacial score (nSPS) is 12.7. The van der Waals surface area contributed by atoms with Crippen LogP contribution in [0.5, 0.6) is 0 Å². The van der Waals surface area contributed by atoms with Crippen LogP contribution in [-0.4, -0.2) is 15.4 Å².